The maximum atomic E-state index is 5.54. The molecule has 0 fully saturated rings. The van der Waals surface area contributed by atoms with Gasteiger partial charge in [0, 0.05) is 12.0 Å². The molecule has 2 aromatic carbocycles. The zero-order valence-corrected chi connectivity index (χ0v) is 11.9. The van der Waals surface area contributed by atoms with Crippen molar-refractivity contribution in [1.82, 2.24) is 0 Å². The average molecular weight is 258 g/mol. The Morgan fingerprint density at radius 1 is 1.05 bits per heavy atom. The van der Waals surface area contributed by atoms with Crippen LogP contribution in [-0.4, -0.2) is 19.3 Å². The highest BCUT2D eigenvalue weighted by molar-refractivity contribution is 5.85. The summed E-state index contributed by atoms with van der Waals surface area (Å²) in [6, 6.07) is 15.1. The minimum absolute atomic E-state index is 0.345. The molecule has 0 saturated carbocycles. The first-order chi connectivity index (χ1) is 9.27. The third-order valence-electron chi connectivity index (χ3n) is 3.25. The number of fused-ring (bicyclic) bond motifs is 1. The lowest BCUT2D eigenvalue weighted by molar-refractivity contribution is -0.670. The Balaban J connectivity index is 1.82. The van der Waals surface area contributed by atoms with Gasteiger partial charge in [0.1, 0.15) is 6.54 Å². The molecule has 0 aliphatic rings. The van der Waals surface area contributed by atoms with Crippen LogP contribution in [0.15, 0.2) is 42.5 Å². The molecule has 2 rings (SSSR count). The second-order valence-electron chi connectivity index (χ2n) is 5.19. The molecule has 2 aromatic rings. The predicted molar refractivity (Wildman–Crippen MR) is 80.1 cm³/mol. The highest BCUT2D eigenvalue weighted by Gasteiger charge is 2.01. The van der Waals surface area contributed by atoms with Gasteiger partial charge in [-0.2, -0.15) is 0 Å². The topological polar surface area (TPSA) is 25.8 Å². The molecule has 0 unspecified atom stereocenters. The normalized spacial score (nSPS) is 11.3. The molecule has 0 aliphatic carbocycles. The van der Waals surface area contributed by atoms with Crippen LogP contribution in [0.3, 0.4) is 0 Å². The van der Waals surface area contributed by atoms with Gasteiger partial charge in [-0.3, -0.25) is 0 Å². The second-order valence-corrected chi connectivity index (χ2v) is 5.19. The minimum Gasteiger partial charge on any atom is -0.379 e. The number of nitrogens with two attached hydrogens (primary N) is 1. The van der Waals surface area contributed by atoms with E-state index in [-0.39, 0.29) is 0 Å². The molecule has 0 heterocycles. The Morgan fingerprint density at radius 3 is 2.68 bits per heavy atom. The molecule has 0 bridgehead atoms. The van der Waals surface area contributed by atoms with E-state index < -0.39 is 0 Å². The molecular formula is C17H24NO+. The van der Waals surface area contributed by atoms with Crippen LogP contribution in [0.4, 0.5) is 0 Å². The number of rotatable bonds is 7. The highest BCUT2D eigenvalue weighted by atomic mass is 16.5. The van der Waals surface area contributed by atoms with Crippen LogP contribution in [-0.2, 0) is 11.3 Å². The molecule has 0 spiro atoms. The number of ether oxygens (including phenoxy) is 1. The molecule has 0 radical (unpaired) electrons. The van der Waals surface area contributed by atoms with E-state index in [1.54, 1.807) is 0 Å². The molecule has 19 heavy (non-hydrogen) atoms. The first-order valence-corrected chi connectivity index (χ1v) is 7.17. The molecule has 102 valence electrons. The van der Waals surface area contributed by atoms with Gasteiger partial charge in [-0.05, 0) is 24.6 Å². The molecule has 0 aromatic heterocycles. The lowest BCUT2D eigenvalue weighted by Gasteiger charge is -2.08. The van der Waals surface area contributed by atoms with E-state index in [1.807, 2.05) is 0 Å². The maximum absolute atomic E-state index is 5.54. The summed E-state index contributed by atoms with van der Waals surface area (Å²) >= 11 is 0. The Bertz CT molecular complexity index is 502. The Labute approximate surface area is 115 Å². The number of quaternary nitrogens is 1. The summed E-state index contributed by atoms with van der Waals surface area (Å²) in [5, 5.41) is 5.07. The van der Waals surface area contributed by atoms with Crippen LogP contribution in [0.25, 0.3) is 10.8 Å². The smallest absolute Gasteiger partial charge is 0.102 e. The first kappa shape index (κ1) is 14.0. The van der Waals surface area contributed by atoms with Crippen LogP contribution >= 0.6 is 0 Å². The van der Waals surface area contributed by atoms with E-state index in [0.29, 0.717) is 6.10 Å². The fourth-order valence-electron chi connectivity index (χ4n) is 2.27. The Morgan fingerprint density at radius 2 is 1.84 bits per heavy atom. The van der Waals surface area contributed by atoms with Gasteiger partial charge < -0.3 is 10.1 Å². The van der Waals surface area contributed by atoms with Gasteiger partial charge in [0.2, 0.25) is 0 Å². The predicted octanol–water partition coefficient (Wildman–Crippen LogP) is 2.72. The highest BCUT2D eigenvalue weighted by Crippen LogP contribution is 2.17. The lowest BCUT2D eigenvalue weighted by atomic mass is 10.0. The van der Waals surface area contributed by atoms with Crippen LogP contribution in [0.5, 0.6) is 0 Å². The van der Waals surface area contributed by atoms with Gasteiger partial charge in [-0.15, -0.1) is 0 Å². The fourth-order valence-corrected chi connectivity index (χ4v) is 2.27. The number of hydrogen-bond acceptors (Lipinski definition) is 1. The molecule has 2 heteroatoms. The largest absolute Gasteiger partial charge is 0.379 e. The van der Waals surface area contributed by atoms with E-state index in [0.717, 1.165) is 26.1 Å². The fraction of sp³-hybridized carbons (Fsp3) is 0.412. The van der Waals surface area contributed by atoms with E-state index in [1.165, 1.54) is 16.3 Å². The minimum atomic E-state index is 0.345. The van der Waals surface area contributed by atoms with Crippen molar-refractivity contribution in [2.24, 2.45) is 0 Å². The van der Waals surface area contributed by atoms with Crippen LogP contribution in [0, 0.1) is 0 Å². The van der Waals surface area contributed by atoms with Crippen molar-refractivity contribution in [1.29, 1.82) is 0 Å². The molecular weight excluding hydrogens is 234 g/mol. The number of hydrogen-bond donors (Lipinski definition) is 1. The molecule has 2 nitrogen and oxygen atoms in total. The Kier molecular flexibility index (Phi) is 5.37. The summed E-state index contributed by atoms with van der Waals surface area (Å²) in [5.41, 5.74) is 1.42. The zero-order valence-electron chi connectivity index (χ0n) is 11.9. The van der Waals surface area contributed by atoms with Gasteiger partial charge in [0.05, 0.1) is 19.3 Å². The average Bonchev–Trinajstić information content (AvgIpc) is 2.42. The molecule has 0 atom stereocenters. The first-order valence-electron chi connectivity index (χ1n) is 7.17. The maximum Gasteiger partial charge on any atom is 0.102 e. The van der Waals surface area contributed by atoms with Gasteiger partial charge in [-0.1, -0.05) is 42.5 Å². The zero-order chi connectivity index (χ0) is 13.5. The SMILES string of the molecule is CC(C)OCCC[NH2+]Cc1cccc2ccccc12. The summed E-state index contributed by atoms with van der Waals surface area (Å²) in [6.07, 6.45) is 1.46. The standard InChI is InChI=1S/C17H23NO/c1-14(2)19-12-6-11-18-13-16-9-5-8-15-7-3-4-10-17(15)16/h3-5,7-10,14,18H,6,11-13H2,1-2H3/p+1. The van der Waals surface area contributed by atoms with Crippen molar-refractivity contribution >= 4 is 10.8 Å². The molecule has 0 saturated heterocycles. The van der Waals surface area contributed by atoms with E-state index >= 15 is 0 Å². The Hall–Kier alpha value is -1.38. The monoisotopic (exact) mass is 258 g/mol. The van der Waals surface area contributed by atoms with Crippen molar-refractivity contribution in [3.05, 3.63) is 48.0 Å². The van der Waals surface area contributed by atoms with E-state index in [9.17, 15) is 0 Å². The summed E-state index contributed by atoms with van der Waals surface area (Å²) < 4.78 is 5.54. The van der Waals surface area contributed by atoms with Gasteiger partial charge in [0.15, 0.2) is 0 Å². The van der Waals surface area contributed by atoms with Crippen molar-refractivity contribution in [3.8, 4) is 0 Å². The summed E-state index contributed by atoms with van der Waals surface area (Å²) in [7, 11) is 0. The van der Waals surface area contributed by atoms with Crippen LogP contribution in [0.2, 0.25) is 0 Å². The van der Waals surface area contributed by atoms with Crippen molar-refractivity contribution in [2.45, 2.75) is 32.9 Å². The quantitative estimate of drug-likeness (QED) is 0.759. The van der Waals surface area contributed by atoms with Gasteiger partial charge in [0.25, 0.3) is 0 Å². The summed E-state index contributed by atoms with van der Waals surface area (Å²) in [4.78, 5) is 0. The molecule has 0 amide bonds. The summed E-state index contributed by atoms with van der Waals surface area (Å²) in [6.45, 7) is 7.20. The lowest BCUT2D eigenvalue weighted by Crippen LogP contribution is -2.82. The summed E-state index contributed by atoms with van der Waals surface area (Å²) in [5.74, 6) is 0. The number of benzene rings is 2. The molecule has 2 N–H and O–H groups in total. The van der Waals surface area contributed by atoms with Gasteiger partial charge in [-0.25, -0.2) is 0 Å². The van der Waals surface area contributed by atoms with Crippen molar-refractivity contribution in [3.63, 3.8) is 0 Å². The van der Waals surface area contributed by atoms with E-state index in [2.05, 4.69) is 61.6 Å². The third-order valence-corrected chi connectivity index (χ3v) is 3.25. The van der Waals surface area contributed by atoms with Crippen LogP contribution < -0.4 is 5.32 Å². The van der Waals surface area contributed by atoms with Crippen molar-refractivity contribution in [2.75, 3.05) is 13.2 Å². The second kappa shape index (κ2) is 7.27. The van der Waals surface area contributed by atoms with Gasteiger partial charge >= 0.3 is 0 Å². The van der Waals surface area contributed by atoms with Crippen molar-refractivity contribution < 1.29 is 10.1 Å². The van der Waals surface area contributed by atoms with E-state index in [4.69, 9.17) is 4.74 Å². The molecule has 0 aliphatic heterocycles. The van der Waals surface area contributed by atoms with Crippen LogP contribution in [0.1, 0.15) is 25.8 Å². The third kappa shape index (κ3) is 4.34.